The van der Waals surface area contributed by atoms with Gasteiger partial charge in [-0.25, -0.2) is 19.2 Å². The molecule has 3 fully saturated rings. The number of likely N-dealkylation sites (tertiary alicyclic amines) is 2. The number of benzene rings is 2. The van der Waals surface area contributed by atoms with Crippen LogP contribution < -0.4 is 11.1 Å². The van der Waals surface area contributed by atoms with E-state index in [4.69, 9.17) is 13.9 Å². The summed E-state index contributed by atoms with van der Waals surface area (Å²) in [7, 11) is 7.59. The second-order valence-electron chi connectivity index (χ2n) is 17.4. The Morgan fingerprint density at radius 3 is 2.22 bits per heavy atom. The minimum atomic E-state index is -1.02. The molecule has 5 heterocycles. The van der Waals surface area contributed by atoms with Gasteiger partial charge in [0, 0.05) is 90.6 Å². The first kappa shape index (κ1) is 48.6. The number of nitrogens with one attached hydrogen (secondary N) is 1. The summed E-state index contributed by atoms with van der Waals surface area (Å²) in [6, 6.07) is 11.4. The lowest BCUT2D eigenvalue weighted by Gasteiger charge is -2.38. The number of urea groups is 1. The number of carbonyl (C=O) groups excluding carboxylic acids is 5. The fourth-order valence-corrected chi connectivity index (χ4v) is 8.57. The SMILES string of the molecule is C.CC1CCN(C(=O)C(=O)OCCCN(C)C)CC1.Cc1cc(C[C@@H](OC(=O)N2CCC(N3CCc4ccccc4NC3=O)CC2)C(=O)N2CCN(C)CC2)cc2oc(=O)n(C)c12. The number of amides is 5. The Bertz CT molecular complexity index is 2110. The molecule has 63 heavy (non-hydrogen) atoms. The van der Waals surface area contributed by atoms with Gasteiger partial charge in [-0.15, -0.1) is 0 Å². The van der Waals surface area contributed by atoms with Crippen LogP contribution in [0, 0.1) is 12.8 Å². The number of esters is 1. The van der Waals surface area contributed by atoms with E-state index in [1.807, 2.05) is 68.2 Å². The summed E-state index contributed by atoms with van der Waals surface area (Å²) in [5.41, 5.74) is 4.68. The molecule has 346 valence electrons. The largest absolute Gasteiger partial charge is 0.458 e. The van der Waals surface area contributed by atoms with E-state index >= 15 is 0 Å². The number of likely N-dealkylation sites (N-methyl/N-ethyl adjacent to an activating group) is 1. The molecule has 5 amide bonds. The zero-order valence-corrected chi connectivity index (χ0v) is 37.2. The molecule has 1 atom stereocenters. The van der Waals surface area contributed by atoms with Crippen molar-refractivity contribution in [1.82, 2.24) is 34.0 Å². The van der Waals surface area contributed by atoms with Crippen LogP contribution in [0.25, 0.3) is 11.1 Å². The Hall–Kier alpha value is -5.42. The molecule has 0 saturated carbocycles. The third-order valence-electron chi connectivity index (χ3n) is 12.4. The van der Waals surface area contributed by atoms with Gasteiger partial charge in [-0.3, -0.25) is 14.2 Å². The van der Waals surface area contributed by atoms with Gasteiger partial charge in [0.2, 0.25) is 0 Å². The Balaban J connectivity index is 0.000000333. The quantitative estimate of drug-likeness (QED) is 0.186. The van der Waals surface area contributed by atoms with Crippen molar-refractivity contribution in [3.63, 3.8) is 0 Å². The maximum atomic E-state index is 13.7. The number of hydrogen-bond acceptors (Lipinski definition) is 11. The molecule has 1 aromatic heterocycles. The average Bonchev–Trinajstić information content (AvgIpc) is 3.43. The molecule has 1 N–H and O–H groups in total. The third kappa shape index (κ3) is 12.6. The van der Waals surface area contributed by atoms with Crippen LogP contribution in [0.1, 0.15) is 63.1 Å². The minimum absolute atomic E-state index is 0. The normalized spacial score (nSPS) is 18.1. The van der Waals surface area contributed by atoms with Crippen molar-refractivity contribution < 1.29 is 37.9 Å². The molecule has 0 unspecified atom stereocenters. The minimum Gasteiger partial charge on any atom is -0.458 e. The van der Waals surface area contributed by atoms with E-state index in [1.165, 1.54) is 4.57 Å². The van der Waals surface area contributed by atoms with Gasteiger partial charge in [0.05, 0.1) is 12.1 Å². The number of ether oxygens (including phenoxy) is 2. The molecule has 17 nitrogen and oxygen atoms in total. The molecule has 3 aromatic rings. The fraction of sp³-hybridized carbons (Fsp3) is 0.609. The monoisotopic (exact) mass is 877 g/mol. The summed E-state index contributed by atoms with van der Waals surface area (Å²) >= 11 is 0. The maximum Gasteiger partial charge on any atom is 0.419 e. The summed E-state index contributed by atoms with van der Waals surface area (Å²) in [4.78, 5) is 86.7. The zero-order valence-electron chi connectivity index (χ0n) is 37.2. The number of hydrogen-bond donors (Lipinski definition) is 1. The predicted octanol–water partition coefficient (Wildman–Crippen LogP) is 4.19. The van der Waals surface area contributed by atoms with Gasteiger partial charge in [-0.05, 0) is 101 Å². The van der Waals surface area contributed by atoms with Crippen molar-refractivity contribution in [3.05, 3.63) is 63.6 Å². The van der Waals surface area contributed by atoms with Crippen LogP contribution in [0.4, 0.5) is 15.3 Å². The van der Waals surface area contributed by atoms with Gasteiger partial charge < -0.3 is 48.6 Å². The van der Waals surface area contributed by atoms with Gasteiger partial charge in [0.25, 0.3) is 5.91 Å². The Labute approximate surface area is 371 Å². The number of piperidine rings is 2. The Morgan fingerprint density at radius 2 is 1.54 bits per heavy atom. The van der Waals surface area contributed by atoms with Crippen molar-refractivity contribution in [2.75, 3.05) is 98.5 Å². The maximum absolute atomic E-state index is 13.7. The van der Waals surface area contributed by atoms with Crippen LogP contribution in [0.3, 0.4) is 0 Å². The molecular formula is C46H68N8O9. The highest BCUT2D eigenvalue weighted by atomic mass is 16.6. The molecule has 4 aliphatic heterocycles. The van der Waals surface area contributed by atoms with Gasteiger partial charge in [-0.1, -0.05) is 38.6 Å². The number of rotatable bonds is 9. The van der Waals surface area contributed by atoms with Crippen LogP contribution in [-0.4, -0.2) is 169 Å². The van der Waals surface area contributed by atoms with Gasteiger partial charge in [0.15, 0.2) is 11.7 Å². The molecule has 0 bridgehead atoms. The standard InChI is InChI=1S/C32H40N6O6.C13H24N2O3.CH4/c1-21-18-22(19-26-28(21)35(3)31(41)43-26)20-27(29(39)36-16-14-34(2)15-17-36)44-32(42)37-11-9-24(10-12-37)38-13-8-23-6-4-5-7-25(23)33-30(38)40;1-11-5-8-15(9-6-11)12(16)13(17)18-10-4-7-14(2)3;/h4-7,18-19,24,27H,8-17,20H2,1-3H3,(H,33,40);11H,4-10H2,1-3H3;1H4/t27-;;/m1../s1. The number of aryl methyl sites for hydroxylation is 2. The second kappa shape index (κ2) is 22.3. The smallest absolute Gasteiger partial charge is 0.419 e. The lowest BCUT2D eigenvalue weighted by Crippen LogP contribution is -2.53. The molecule has 0 aliphatic carbocycles. The van der Waals surface area contributed by atoms with Crippen LogP contribution in [0.2, 0.25) is 0 Å². The van der Waals surface area contributed by atoms with Crippen LogP contribution >= 0.6 is 0 Å². The van der Waals surface area contributed by atoms with E-state index in [2.05, 4.69) is 17.1 Å². The highest BCUT2D eigenvalue weighted by Crippen LogP contribution is 2.26. The third-order valence-corrected chi connectivity index (χ3v) is 12.4. The molecule has 7 rings (SSSR count). The van der Waals surface area contributed by atoms with Crippen molar-refractivity contribution >= 4 is 46.7 Å². The van der Waals surface area contributed by atoms with E-state index in [0.29, 0.717) is 82.3 Å². The average molecular weight is 877 g/mol. The van der Waals surface area contributed by atoms with E-state index in [1.54, 1.807) is 27.8 Å². The fourth-order valence-electron chi connectivity index (χ4n) is 8.57. The number of anilines is 1. The topological polar surface area (TPSA) is 170 Å². The molecule has 17 heteroatoms. The van der Waals surface area contributed by atoms with Crippen LogP contribution in [-0.2, 0) is 43.7 Å². The number of fused-ring (bicyclic) bond motifs is 2. The Kier molecular flexibility index (Phi) is 17.2. The van der Waals surface area contributed by atoms with Crippen molar-refractivity contribution in [2.24, 2.45) is 13.0 Å². The van der Waals surface area contributed by atoms with Gasteiger partial charge >= 0.3 is 29.8 Å². The number of nitrogens with zero attached hydrogens (tertiary/aromatic N) is 7. The molecular weight excluding hydrogens is 809 g/mol. The highest BCUT2D eigenvalue weighted by Gasteiger charge is 2.35. The first-order valence-electron chi connectivity index (χ1n) is 22.0. The summed E-state index contributed by atoms with van der Waals surface area (Å²) in [5, 5.41) is 3.03. The van der Waals surface area contributed by atoms with Crippen LogP contribution in [0.15, 0.2) is 45.6 Å². The predicted molar refractivity (Wildman–Crippen MR) is 241 cm³/mol. The van der Waals surface area contributed by atoms with E-state index in [9.17, 15) is 28.8 Å². The second-order valence-corrected chi connectivity index (χ2v) is 17.4. The summed E-state index contributed by atoms with van der Waals surface area (Å²) in [6.45, 7) is 10.6. The first-order valence-corrected chi connectivity index (χ1v) is 22.0. The molecule has 3 saturated heterocycles. The van der Waals surface area contributed by atoms with Gasteiger partial charge in [0.1, 0.15) is 0 Å². The number of piperazine rings is 1. The number of carbonyl (C=O) groups is 5. The van der Waals surface area contributed by atoms with Gasteiger partial charge in [-0.2, -0.15) is 0 Å². The molecule has 4 aliphatic rings. The first-order chi connectivity index (χ1) is 29.7. The Morgan fingerprint density at radius 1 is 0.873 bits per heavy atom. The lowest BCUT2D eigenvalue weighted by molar-refractivity contribution is -0.161. The van der Waals surface area contributed by atoms with Crippen LogP contribution in [0.5, 0.6) is 0 Å². The van der Waals surface area contributed by atoms with Crippen molar-refractivity contribution in [3.8, 4) is 0 Å². The molecule has 0 radical (unpaired) electrons. The number of oxazole rings is 1. The summed E-state index contributed by atoms with van der Waals surface area (Å²) in [5.74, 6) is -1.23. The van der Waals surface area contributed by atoms with E-state index in [0.717, 1.165) is 67.7 Å². The van der Waals surface area contributed by atoms with Crippen molar-refractivity contribution in [1.29, 1.82) is 0 Å². The summed E-state index contributed by atoms with van der Waals surface area (Å²) in [6.07, 6.45) is 3.32. The van der Waals surface area contributed by atoms with E-state index < -0.39 is 29.8 Å². The number of para-hydroxylation sites is 1. The lowest BCUT2D eigenvalue weighted by atomic mass is 9.99. The summed E-state index contributed by atoms with van der Waals surface area (Å²) < 4.78 is 17.8. The highest BCUT2D eigenvalue weighted by molar-refractivity contribution is 6.32. The zero-order chi connectivity index (χ0) is 44.5. The number of aromatic nitrogens is 1. The molecule has 2 aromatic carbocycles. The molecule has 0 spiro atoms. The van der Waals surface area contributed by atoms with E-state index in [-0.39, 0.29) is 31.8 Å². The van der Waals surface area contributed by atoms with Crippen molar-refractivity contribution in [2.45, 2.75) is 78.4 Å².